The predicted molar refractivity (Wildman–Crippen MR) is 61.5 cm³/mol. The second-order valence-corrected chi connectivity index (χ2v) is 4.14. The molecule has 0 aliphatic carbocycles. The number of nitrogens with zero attached hydrogens (tertiary/aromatic N) is 2. The van der Waals surface area contributed by atoms with Crippen molar-refractivity contribution in [3.63, 3.8) is 0 Å². The first-order valence-corrected chi connectivity index (χ1v) is 5.62. The Morgan fingerprint density at radius 1 is 1.47 bits per heavy atom. The van der Waals surface area contributed by atoms with Crippen LogP contribution in [-0.2, 0) is 9.47 Å². The van der Waals surface area contributed by atoms with Gasteiger partial charge < -0.3 is 19.9 Å². The number of aryl methyl sites for hydroxylation is 1. The molecule has 1 amide bonds. The van der Waals surface area contributed by atoms with E-state index in [0.717, 1.165) is 0 Å². The summed E-state index contributed by atoms with van der Waals surface area (Å²) in [5, 5.41) is 11.2. The van der Waals surface area contributed by atoms with E-state index < -0.39 is 17.8 Å². The first-order valence-electron chi connectivity index (χ1n) is 5.62. The first-order chi connectivity index (χ1) is 9.01. The highest BCUT2D eigenvalue weighted by atomic mass is 16.7. The third kappa shape index (κ3) is 3.16. The van der Waals surface area contributed by atoms with Crippen LogP contribution in [0.25, 0.3) is 0 Å². The van der Waals surface area contributed by atoms with E-state index in [4.69, 9.17) is 14.6 Å². The Kier molecular flexibility index (Phi) is 3.61. The zero-order chi connectivity index (χ0) is 13.9. The van der Waals surface area contributed by atoms with Crippen molar-refractivity contribution in [1.82, 2.24) is 15.3 Å². The monoisotopic (exact) mass is 267 g/mol. The van der Waals surface area contributed by atoms with Crippen molar-refractivity contribution in [1.29, 1.82) is 0 Å². The van der Waals surface area contributed by atoms with Crippen LogP contribution in [0.2, 0.25) is 0 Å². The lowest BCUT2D eigenvalue weighted by Crippen LogP contribution is -2.52. The van der Waals surface area contributed by atoms with E-state index in [9.17, 15) is 9.59 Å². The second kappa shape index (κ2) is 5.19. The maximum atomic E-state index is 12.0. The fourth-order valence-corrected chi connectivity index (χ4v) is 1.71. The molecule has 1 saturated heterocycles. The van der Waals surface area contributed by atoms with Crippen molar-refractivity contribution in [2.24, 2.45) is 0 Å². The number of nitrogens with one attached hydrogen (secondary N) is 1. The fraction of sp³-hybridized carbons (Fsp3) is 0.455. The number of aromatic nitrogens is 2. The zero-order valence-electron chi connectivity index (χ0n) is 10.3. The van der Waals surface area contributed by atoms with Gasteiger partial charge in [-0.1, -0.05) is 0 Å². The van der Waals surface area contributed by atoms with Gasteiger partial charge in [0.1, 0.15) is 12.4 Å². The molecule has 2 heterocycles. The summed E-state index contributed by atoms with van der Waals surface area (Å²) < 4.78 is 9.82. The molecular formula is C11H13N3O5. The Balaban J connectivity index is 2.11. The number of ether oxygens (including phenoxy) is 2. The number of carboxylic acid groups (broad SMARTS) is 1. The Morgan fingerprint density at radius 2 is 2.16 bits per heavy atom. The van der Waals surface area contributed by atoms with Gasteiger partial charge in [0, 0.05) is 18.8 Å². The van der Waals surface area contributed by atoms with Crippen LogP contribution in [-0.4, -0.2) is 46.1 Å². The molecule has 0 radical (unpaired) electrons. The van der Waals surface area contributed by atoms with E-state index in [1.807, 2.05) is 0 Å². The van der Waals surface area contributed by atoms with Crippen molar-refractivity contribution in [3.8, 4) is 0 Å². The number of carbonyl (C=O) groups excluding carboxylic acids is 1. The summed E-state index contributed by atoms with van der Waals surface area (Å²) in [6.07, 6.45) is 1.52. The van der Waals surface area contributed by atoms with E-state index in [-0.39, 0.29) is 18.6 Å². The Hall–Kier alpha value is -2.22. The molecule has 2 N–H and O–H groups in total. The second-order valence-electron chi connectivity index (χ2n) is 4.14. The predicted octanol–water partition coefficient (Wildman–Crippen LogP) is 0.326. The van der Waals surface area contributed by atoms with Crippen molar-refractivity contribution < 1.29 is 24.2 Å². The summed E-state index contributed by atoms with van der Waals surface area (Å²) in [5.74, 6) is 0.0315. The average molecular weight is 267 g/mol. The number of carbonyl (C=O) groups is 2. The van der Waals surface area contributed by atoms with Crippen LogP contribution in [0.4, 0.5) is 4.79 Å². The number of hydrogen-bond donors (Lipinski definition) is 2. The van der Waals surface area contributed by atoms with Gasteiger partial charge in [0.15, 0.2) is 0 Å². The summed E-state index contributed by atoms with van der Waals surface area (Å²) in [7, 11) is 0. The van der Waals surface area contributed by atoms with Crippen LogP contribution in [0, 0.1) is 6.92 Å². The molecule has 0 aromatic carbocycles. The lowest BCUT2D eigenvalue weighted by Gasteiger charge is -2.26. The van der Waals surface area contributed by atoms with Crippen molar-refractivity contribution in [3.05, 3.63) is 23.8 Å². The van der Waals surface area contributed by atoms with Crippen LogP contribution in [0.15, 0.2) is 12.4 Å². The zero-order valence-corrected chi connectivity index (χ0v) is 10.3. The molecule has 1 aliphatic rings. The maximum absolute atomic E-state index is 12.0. The van der Waals surface area contributed by atoms with E-state index in [1.54, 1.807) is 6.92 Å². The highest BCUT2D eigenvalue weighted by Gasteiger charge is 2.41. The van der Waals surface area contributed by atoms with Gasteiger partial charge in [-0.3, -0.25) is 4.79 Å². The fourth-order valence-electron chi connectivity index (χ4n) is 1.71. The van der Waals surface area contributed by atoms with E-state index in [1.165, 1.54) is 12.4 Å². The Bertz CT molecular complexity index is 482. The Labute approximate surface area is 108 Å². The van der Waals surface area contributed by atoms with Crippen molar-refractivity contribution in [2.75, 3.05) is 13.2 Å². The van der Waals surface area contributed by atoms with E-state index >= 15 is 0 Å². The standard InChI is InChI=1S/C11H13N3O5/c1-7-12-4-8(5-13-7)9(15)14-11(19-10(16)17)2-3-18-6-11/h4-5H,2-3,6H2,1H3,(H,14,15)(H,16,17)/t11-/m0/s1. The number of rotatable bonds is 3. The minimum Gasteiger partial charge on any atom is -0.450 e. The van der Waals surface area contributed by atoms with Crippen LogP contribution in [0.5, 0.6) is 0 Å². The SMILES string of the molecule is Cc1ncc(C(=O)N[C@]2(OC(=O)O)CCOC2)cn1. The van der Waals surface area contributed by atoms with Crippen molar-refractivity contribution >= 4 is 12.1 Å². The van der Waals surface area contributed by atoms with E-state index in [0.29, 0.717) is 12.4 Å². The molecule has 0 saturated carbocycles. The molecule has 1 aliphatic heterocycles. The summed E-state index contributed by atoms with van der Waals surface area (Å²) in [5.41, 5.74) is -1.11. The van der Waals surface area contributed by atoms with Gasteiger partial charge >= 0.3 is 6.16 Å². The third-order valence-electron chi connectivity index (χ3n) is 2.65. The molecule has 8 nitrogen and oxygen atoms in total. The average Bonchev–Trinajstić information content (AvgIpc) is 2.77. The molecule has 1 aromatic rings. The molecule has 102 valence electrons. The van der Waals surface area contributed by atoms with E-state index in [2.05, 4.69) is 15.3 Å². The lowest BCUT2D eigenvalue weighted by molar-refractivity contribution is -0.0400. The number of amides is 1. The summed E-state index contributed by atoms with van der Waals surface area (Å²) in [6, 6.07) is 0. The van der Waals surface area contributed by atoms with Gasteiger partial charge in [0.25, 0.3) is 5.91 Å². The highest BCUT2D eigenvalue weighted by molar-refractivity contribution is 5.94. The molecule has 2 rings (SSSR count). The summed E-state index contributed by atoms with van der Waals surface area (Å²) >= 11 is 0. The molecule has 0 unspecified atom stereocenters. The molecule has 0 spiro atoms. The van der Waals surface area contributed by atoms with Gasteiger partial charge in [0.2, 0.25) is 5.72 Å². The Morgan fingerprint density at radius 3 is 2.68 bits per heavy atom. The largest absolute Gasteiger partial charge is 0.507 e. The molecule has 1 aromatic heterocycles. The molecule has 8 heteroatoms. The topological polar surface area (TPSA) is 111 Å². The maximum Gasteiger partial charge on any atom is 0.507 e. The van der Waals surface area contributed by atoms with Crippen LogP contribution in [0.1, 0.15) is 22.6 Å². The van der Waals surface area contributed by atoms with Gasteiger partial charge in [-0.25, -0.2) is 14.8 Å². The molecule has 1 atom stereocenters. The van der Waals surface area contributed by atoms with Gasteiger partial charge in [-0.15, -0.1) is 0 Å². The van der Waals surface area contributed by atoms with Crippen LogP contribution < -0.4 is 5.32 Å². The minimum absolute atomic E-state index is 0.0161. The van der Waals surface area contributed by atoms with Gasteiger partial charge in [0.05, 0.1) is 12.2 Å². The van der Waals surface area contributed by atoms with Gasteiger partial charge in [-0.05, 0) is 6.92 Å². The third-order valence-corrected chi connectivity index (χ3v) is 2.65. The van der Waals surface area contributed by atoms with Crippen LogP contribution >= 0.6 is 0 Å². The van der Waals surface area contributed by atoms with Crippen LogP contribution in [0.3, 0.4) is 0 Å². The lowest BCUT2D eigenvalue weighted by atomic mass is 10.1. The van der Waals surface area contributed by atoms with Crippen molar-refractivity contribution in [2.45, 2.75) is 19.1 Å². The minimum atomic E-state index is -1.47. The quantitative estimate of drug-likeness (QED) is 0.599. The number of hydrogen-bond acceptors (Lipinski definition) is 6. The molecule has 1 fully saturated rings. The summed E-state index contributed by atoms with van der Waals surface area (Å²) in [4.78, 5) is 30.4. The van der Waals surface area contributed by atoms with Gasteiger partial charge in [-0.2, -0.15) is 0 Å². The summed E-state index contributed by atoms with van der Waals surface area (Å²) in [6.45, 7) is 2.00. The normalized spacial score (nSPS) is 21.9. The first kappa shape index (κ1) is 13.2. The molecular weight excluding hydrogens is 254 g/mol. The molecule has 0 bridgehead atoms. The highest BCUT2D eigenvalue weighted by Crippen LogP contribution is 2.21. The molecule has 19 heavy (non-hydrogen) atoms. The smallest absolute Gasteiger partial charge is 0.450 e.